The van der Waals surface area contributed by atoms with Crippen LogP contribution in [0.2, 0.25) is 0 Å². The van der Waals surface area contributed by atoms with Gasteiger partial charge in [-0.3, -0.25) is 4.79 Å². The van der Waals surface area contributed by atoms with E-state index in [0.29, 0.717) is 0 Å². The van der Waals surface area contributed by atoms with Gasteiger partial charge in [-0.15, -0.1) is 11.3 Å². The van der Waals surface area contributed by atoms with Gasteiger partial charge in [0.15, 0.2) is 5.78 Å². The molecule has 0 unspecified atom stereocenters. The third-order valence-corrected chi connectivity index (χ3v) is 2.34. The number of hydrogen-bond acceptors (Lipinski definition) is 3. The van der Waals surface area contributed by atoms with Crippen molar-refractivity contribution in [2.24, 2.45) is 0 Å². The summed E-state index contributed by atoms with van der Waals surface area (Å²) in [5, 5.41) is 1.89. The smallest absolute Gasteiger partial charge is 0.198 e. The van der Waals surface area contributed by atoms with Crippen LogP contribution in [0.5, 0.6) is 0 Å². The molecule has 2 nitrogen and oxygen atoms in total. The van der Waals surface area contributed by atoms with Crippen LogP contribution in [0.4, 0.5) is 0 Å². The van der Waals surface area contributed by atoms with Crippen molar-refractivity contribution in [2.75, 3.05) is 6.61 Å². The molecule has 0 aliphatic carbocycles. The van der Waals surface area contributed by atoms with E-state index in [9.17, 15) is 4.79 Å². The van der Waals surface area contributed by atoms with Gasteiger partial charge in [-0.2, -0.15) is 0 Å². The van der Waals surface area contributed by atoms with Gasteiger partial charge in [0.05, 0.1) is 10.5 Å². The number of ketones is 1. The summed E-state index contributed by atoms with van der Waals surface area (Å²) in [5.41, 5.74) is -0.243. The molecule has 3 heteroatoms. The third-order valence-electron chi connectivity index (χ3n) is 1.43. The van der Waals surface area contributed by atoms with E-state index in [-0.39, 0.29) is 18.0 Å². The minimum atomic E-state index is -0.243. The first-order valence-electron chi connectivity index (χ1n) is 4.20. The highest BCUT2D eigenvalue weighted by Crippen LogP contribution is 2.12. The van der Waals surface area contributed by atoms with E-state index >= 15 is 0 Å². The Labute approximate surface area is 82.5 Å². The predicted octanol–water partition coefficient (Wildman–Crippen LogP) is 2.75. The Bertz CT molecular complexity index is 270. The lowest BCUT2D eigenvalue weighted by molar-refractivity contribution is 0.00323. The lowest BCUT2D eigenvalue weighted by Crippen LogP contribution is -2.23. The summed E-state index contributed by atoms with van der Waals surface area (Å²) in [6.07, 6.45) is 0. The maximum absolute atomic E-state index is 11.4. The zero-order valence-electron chi connectivity index (χ0n) is 8.16. The van der Waals surface area contributed by atoms with E-state index < -0.39 is 0 Å². The SMILES string of the molecule is CC(C)(C)OCC(=O)c1cccs1. The molecule has 0 atom stereocenters. The Morgan fingerprint density at radius 1 is 1.54 bits per heavy atom. The molecule has 0 saturated heterocycles. The summed E-state index contributed by atoms with van der Waals surface area (Å²) >= 11 is 1.45. The molecule has 0 spiro atoms. The molecule has 0 N–H and O–H groups in total. The fraction of sp³-hybridized carbons (Fsp3) is 0.500. The van der Waals surface area contributed by atoms with Gasteiger partial charge in [0.1, 0.15) is 6.61 Å². The fourth-order valence-electron chi connectivity index (χ4n) is 0.790. The third kappa shape index (κ3) is 3.70. The normalized spacial score (nSPS) is 11.6. The van der Waals surface area contributed by atoms with Crippen LogP contribution in [0.15, 0.2) is 17.5 Å². The molecule has 1 aromatic heterocycles. The Balaban J connectivity index is 2.44. The first-order chi connectivity index (χ1) is 5.99. The minimum Gasteiger partial charge on any atom is -0.368 e. The summed E-state index contributed by atoms with van der Waals surface area (Å²) < 4.78 is 5.37. The number of Topliss-reactive ketones (excluding diaryl/α,β-unsaturated/α-hetero) is 1. The largest absolute Gasteiger partial charge is 0.368 e. The second kappa shape index (κ2) is 4.03. The monoisotopic (exact) mass is 198 g/mol. The highest BCUT2D eigenvalue weighted by Gasteiger charge is 2.14. The summed E-state index contributed by atoms with van der Waals surface area (Å²) in [5.74, 6) is 0.0601. The van der Waals surface area contributed by atoms with Gasteiger partial charge in [-0.05, 0) is 32.2 Å². The average molecular weight is 198 g/mol. The van der Waals surface area contributed by atoms with Crippen molar-refractivity contribution in [1.82, 2.24) is 0 Å². The molecule has 1 heterocycles. The van der Waals surface area contributed by atoms with Crippen LogP contribution >= 0.6 is 11.3 Å². The van der Waals surface area contributed by atoms with E-state index in [4.69, 9.17) is 4.74 Å². The van der Waals surface area contributed by atoms with Crippen LogP contribution < -0.4 is 0 Å². The summed E-state index contributed by atoms with van der Waals surface area (Å²) in [6.45, 7) is 5.99. The van der Waals surface area contributed by atoms with Gasteiger partial charge in [-0.1, -0.05) is 6.07 Å². The van der Waals surface area contributed by atoms with Crippen molar-refractivity contribution in [3.63, 3.8) is 0 Å². The molecule has 0 aromatic carbocycles. The second-order valence-electron chi connectivity index (χ2n) is 3.80. The van der Waals surface area contributed by atoms with Crippen molar-refractivity contribution in [3.05, 3.63) is 22.4 Å². The number of carbonyl (C=O) groups excluding carboxylic acids is 1. The van der Waals surface area contributed by atoms with Crippen LogP contribution in [-0.2, 0) is 4.74 Å². The molecule has 1 rings (SSSR count). The lowest BCUT2D eigenvalue weighted by Gasteiger charge is -2.18. The lowest BCUT2D eigenvalue weighted by atomic mass is 10.2. The molecule has 0 bridgehead atoms. The van der Waals surface area contributed by atoms with Gasteiger partial charge in [0, 0.05) is 0 Å². The van der Waals surface area contributed by atoms with Gasteiger partial charge >= 0.3 is 0 Å². The van der Waals surface area contributed by atoms with Crippen LogP contribution in [0.3, 0.4) is 0 Å². The number of ether oxygens (including phenoxy) is 1. The number of hydrogen-bond donors (Lipinski definition) is 0. The summed E-state index contributed by atoms with van der Waals surface area (Å²) in [4.78, 5) is 12.2. The minimum absolute atomic E-state index is 0.0601. The molecule has 0 amide bonds. The van der Waals surface area contributed by atoms with Gasteiger partial charge in [0.25, 0.3) is 0 Å². The van der Waals surface area contributed by atoms with Crippen molar-refractivity contribution >= 4 is 17.1 Å². The first kappa shape index (κ1) is 10.4. The molecular weight excluding hydrogens is 184 g/mol. The molecule has 0 radical (unpaired) electrons. The van der Waals surface area contributed by atoms with E-state index in [2.05, 4.69) is 0 Å². The number of rotatable bonds is 3. The average Bonchev–Trinajstić information content (AvgIpc) is 2.50. The Morgan fingerprint density at radius 3 is 2.69 bits per heavy atom. The Morgan fingerprint density at radius 2 is 2.23 bits per heavy atom. The van der Waals surface area contributed by atoms with Gasteiger partial charge in [-0.25, -0.2) is 0 Å². The van der Waals surface area contributed by atoms with Crippen molar-refractivity contribution < 1.29 is 9.53 Å². The molecule has 1 aromatic rings. The highest BCUT2D eigenvalue weighted by molar-refractivity contribution is 7.12. The van der Waals surface area contributed by atoms with Gasteiger partial charge < -0.3 is 4.74 Å². The zero-order valence-corrected chi connectivity index (χ0v) is 8.98. The number of carbonyl (C=O) groups is 1. The Kier molecular flexibility index (Phi) is 3.22. The summed E-state index contributed by atoms with van der Waals surface area (Å²) in [6, 6.07) is 3.69. The van der Waals surface area contributed by atoms with Gasteiger partial charge in [0.2, 0.25) is 0 Å². The van der Waals surface area contributed by atoms with E-state index in [1.165, 1.54) is 11.3 Å². The van der Waals surface area contributed by atoms with Crippen LogP contribution in [-0.4, -0.2) is 18.0 Å². The van der Waals surface area contributed by atoms with Crippen molar-refractivity contribution in [2.45, 2.75) is 26.4 Å². The zero-order chi connectivity index (χ0) is 9.90. The van der Waals surface area contributed by atoms with Crippen LogP contribution in [0.25, 0.3) is 0 Å². The van der Waals surface area contributed by atoms with Crippen molar-refractivity contribution in [3.8, 4) is 0 Å². The molecule has 0 aliphatic rings. The fourth-order valence-corrected chi connectivity index (χ4v) is 1.44. The maximum atomic E-state index is 11.4. The second-order valence-corrected chi connectivity index (χ2v) is 4.75. The standard InChI is InChI=1S/C10H14O2S/c1-10(2,3)12-7-8(11)9-5-4-6-13-9/h4-6H,7H2,1-3H3. The van der Waals surface area contributed by atoms with E-state index in [1.54, 1.807) is 0 Å². The topological polar surface area (TPSA) is 26.3 Å². The summed E-state index contributed by atoms with van der Waals surface area (Å²) in [7, 11) is 0. The van der Waals surface area contributed by atoms with Crippen LogP contribution in [0.1, 0.15) is 30.4 Å². The first-order valence-corrected chi connectivity index (χ1v) is 5.08. The van der Waals surface area contributed by atoms with Crippen LogP contribution in [0, 0.1) is 0 Å². The molecule has 0 fully saturated rings. The Hall–Kier alpha value is -0.670. The quantitative estimate of drug-likeness (QED) is 0.698. The highest BCUT2D eigenvalue weighted by atomic mass is 32.1. The van der Waals surface area contributed by atoms with E-state index in [1.807, 2.05) is 38.3 Å². The molecule has 72 valence electrons. The van der Waals surface area contributed by atoms with E-state index in [0.717, 1.165) is 4.88 Å². The predicted molar refractivity (Wildman–Crippen MR) is 54.4 cm³/mol. The maximum Gasteiger partial charge on any atom is 0.198 e. The van der Waals surface area contributed by atoms with Crippen molar-refractivity contribution in [1.29, 1.82) is 0 Å². The molecular formula is C10H14O2S. The number of thiophene rings is 1. The molecule has 0 aliphatic heterocycles. The molecule has 13 heavy (non-hydrogen) atoms. The molecule has 0 saturated carbocycles.